The minimum absolute atomic E-state index is 0.0213. The summed E-state index contributed by atoms with van der Waals surface area (Å²) in [6.45, 7) is 11.5. The van der Waals surface area contributed by atoms with E-state index in [0.29, 0.717) is 160 Å². The van der Waals surface area contributed by atoms with E-state index in [2.05, 4.69) is 25.2 Å². The van der Waals surface area contributed by atoms with Gasteiger partial charge in [-0.1, -0.05) is 52.8 Å². The number of sulfonamides is 1. The number of amides is 6. The fourth-order valence-corrected chi connectivity index (χ4v) is 16.1. The molecular weight excluding hydrogens is 1360 g/mol. The fraction of sp³-hybridized carbons (Fsp3) is 0.582. The van der Waals surface area contributed by atoms with Gasteiger partial charge in [0.05, 0.1) is 67.3 Å². The predicted molar refractivity (Wildman–Crippen MR) is 371 cm³/mol. The van der Waals surface area contributed by atoms with Crippen molar-refractivity contribution in [3.8, 4) is 11.5 Å². The molecule has 4 aliphatic rings. The molecule has 0 saturated carbocycles. The van der Waals surface area contributed by atoms with Crippen molar-refractivity contribution in [1.82, 2.24) is 44.8 Å². The largest absolute Gasteiger partial charge is 0.484 e. The summed E-state index contributed by atoms with van der Waals surface area (Å²) in [5, 5.41) is 7.71. The summed E-state index contributed by atoms with van der Waals surface area (Å²) >= 11 is 26.4. The summed E-state index contributed by atoms with van der Waals surface area (Å²) in [7, 11) is -0.496. The van der Waals surface area contributed by atoms with E-state index >= 15 is 0 Å². The van der Waals surface area contributed by atoms with E-state index in [1.807, 2.05) is 28.9 Å². The number of hydrogen-bond acceptors (Lipinski definition) is 16. The quantitative estimate of drug-likeness (QED) is 0.0364. The number of carbonyl (C=O) groups is 4. The van der Waals surface area contributed by atoms with Gasteiger partial charge in [-0.2, -0.15) is 0 Å². The van der Waals surface area contributed by atoms with Crippen molar-refractivity contribution in [1.29, 1.82) is 0 Å². The Hall–Kier alpha value is -5.26. The minimum atomic E-state index is -3.86. The first-order chi connectivity index (χ1) is 45.9. The van der Waals surface area contributed by atoms with Gasteiger partial charge in [-0.05, 0) is 135 Å². The summed E-state index contributed by atoms with van der Waals surface area (Å²) in [5.41, 5.74) is 5.03. The molecule has 96 heavy (non-hydrogen) atoms. The summed E-state index contributed by atoms with van der Waals surface area (Å²) in [5.74, 6) is 1.14. The number of nitrogens with one attached hydrogen (secondary N) is 3. The Balaban J connectivity index is 0.601. The molecule has 4 aromatic rings. The zero-order valence-electron chi connectivity index (χ0n) is 55.8. The lowest BCUT2D eigenvalue weighted by atomic mass is 10.1. The van der Waals surface area contributed by atoms with Crippen molar-refractivity contribution < 1.29 is 64.4 Å². The molecule has 29 heteroatoms. The van der Waals surface area contributed by atoms with E-state index in [9.17, 15) is 36.0 Å². The number of unbranched alkanes of at least 4 members (excludes halogenated alkanes) is 2. The number of urea groups is 3. The van der Waals surface area contributed by atoms with Crippen LogP contribution in [-0.2, 0) is 56.4 Å². The number of sulfone groups is 1. The third-order valence-corrected chi connectivity index (χ3v) is 21.9. The normalized spacial score (nSPS) is 18.3. The highest BCUT2D eigenvalue weighted by atomic mass is 35.5. The highest BCUT2D eigenvalue weighted by Crippen LogP contribution is 2.45. The van der Waals surface area contributed by atoms with E-state index in [-0.39, 0.29) is 97.7 Å². The lowest BCUT2D eigenvalue weighted by Gasteiger charge is -2.40. The molecule has 2 aliphatic heterocycles. The monoisotopic (exact) mass is 1450 g/mol. The van der Waals surface area contributed by atoms with Crippen LogP contribution >= 0.6 is 46.4 Å². The van der Waals surface area contributed by atoms with Crippen LogP contribution in [0.2, 0.25) is 20.1 Å². The van der Waals surface area contributed by atoms with Crippen LogP contribution in [0.3, 0.4) is 0 Å². The Labute approximate surface area is 585 Å². The lowest BCUT2D eigenvalue weighted by molar-refractivity contribution is -0.119. The topological polar surface area (TPSA) is 247 Å². The molecule has 2 heterocycles. The van der Waals surface area contributed by atoms with Crippen LogP contribution in [0.5, 0.6) is 11.5 Å². The Morgan fingerprint density at radius 2 is 0.958 bits per heavy atom. The van der Waals surface area contributed by atoms with Crippen LogP contribution in [0.15, 0.2) is 70.5 Å². The van der Waals surface area contributed by atoms with Gasteiger partial charge in [0.15, 0.2) is 9.84 Å². The summed E-state index contributed by atoms with van der Waals surface area (Å²) < 4.78 is 91.8. The van der Waals surface area contributed by atoms with Crippen LogP contribution < -0.4 is 24.8 Å². The first-order valence-corrected chi connectivity index (χ1v) is 37.5. The van der Waals surface area contributed by atoms with Crippen LogP contribution in [0.4, 0.5) is 14.4 Å². The second-order valence-corrected chi connectivity index (χ2v) is 30.5. The molecule has 8 rings (SSSR count). The summed E-state index contributed by atoms with van der Waals surface area (Å²) in [6, 6.07) is 16.4. The van der Waals surface area contributed by atoms with Crippen molar-refractivity contribution in [2.75, 3.05) is 159 Å². The molecule has 0 radical (unpaired) electrons. The van der Waals surface area contributed by atoms with Crippen LogP contribution in [0.1, 0.15) is 90.5 Å². The Kier molecular flexibility index (Phi) is 29.3. The van der Waals surface area contributed by atoms with Gasteiger partial charge in [0, 0.05) is 157 Å². The number of halogens is 4. The molecular formula is C67H93Cl4N9O14S2. The smallest absolute Gasteiger partial charge is 0.319 e. The van der Waals surface area contributed by atoms with Gasteiger partial charge in [0.1, 0.15) is 29.5 Å². The van der Waals surface area contributed by atoms with Crippen molar-refractivity contribution in [3.63, 3.8) is 0 Å². The Bertz CT molecular complexity index is 3300. The third-order valence-electron chi connectivity index (χ3n) is 17.5. The van der Waals surface area contributed by atoms with Crippen molar-refractivity contribution in [3.05, 3.63) is 114 Å². The maximum absolute atomic E-state index is 13.4. The van der Waals surface area contributed by atoms with Crippen molar-refractivity contribution >= 4 is 90.1 Å². The zero-order valence-corrected chi connectivity index (χ0v) is 60.5. The Morgan fingerprint density at radius 3 is 1.46 bits per heavy atom. The third kappa shape index (κ3) is 21.6. The van der Waals surface area contributed by atoms with E-state index < -0.39 is 32.1 Å². The molecule has 2 aliphatic carbocycles. The van der Waals surface area contributed by atoms with Gasteiger partial charge < -0.3 is 58.7 Å². The van der Waals surface area contributed by atoms with Gasteiger partial charge in [-0.25, -0.2) is 35.9 Å². The highest BCUT2D eigenvalue weighted by molar-refractivity contribution is 7.91. The molecule has 2 fully saturated rings. The zero-order chi connectivity index (χ0) is 69.1. The van der Waals surface area contributed by atoms with Gasteiger partial charge >= 0.3 is 18.1 Å². The van der Waals surface area contributed by atoms with Gasteiger partial charge in [0.25, 0.3) is 0 Å². The maximum Gasteiger partial charge on any atom is 0.319 e. The Morgan fingerprint density at radius 1 is 0.510 bits per heavy atom. The molecule has 23 nitrogen and oxygen atoms in total. The van der Waals surface area contributed by atoms with Gasteiger partial charge in [-0.3, -0.25) is 14.6 Å². The van der Waals surface area contributed by atoms with Crippen LogP contribution in [-0.4, -0.2) is 241 Å². The van der Waals surface area contributed by atoms with Crippen molar-refractivity contribution in [2.24, 2.45) is 0 Å². The molecule has 6 amide bonds. The number of fused-ring (bicyclic) bond motifs is 2. The van der Waals surface area contributed by atoms with Crippen LogP contribution in [0, 0.1) is 13.8 Å². The SMILES string of the molecule is Cc1cc(S(=O)(=O)CCCOCCOCCNC(=O)NCCCCCC(=O)CCCOCCOCCNS(=O)(=O)c2ccc(O[C@H]3c4cc(Cl)cc(Cl)c4C[C@@H]3N3CCN(C(=O)N(C)C)CC3)c(C)c2)ccc1O[C@H]1c2cc(Cl)cc(Cl)c2C[C@@H]1N1CCN(C(=O)N(C)C)CC1. The number of nitrogens with zero attached hydrogens (tertiary/aromatic N) is 6. The number of rotatable bonds is 35. The molecule has 0 aromatic heterocycles. The minimum Gasteiger partial charge on any atom is -0.484 e. The second-order valence-electron chi connectivity index (χ2n) is 24.9. The molecule has 4 atom stereocenters. The maximum atomic E-state index is 13.4. The van der Waals surface area contributed by atoms with Gasteiger partial charge in [-0.15, -0.1) is 0 Å². The number of carbonyl (C=O) groups excluding carboxylic acids is 4. The average molecular weight is 1450 g/mol. The highest BCUT2D eigenvalue weighted by Gasteiger charge is 2.43. The lowest BCUT2D eigenvalue weighted by Crippen LogP contribution is -2.55. The first-order valence-electron chi connectivity index (χ1n) is 32.9. The number of hydrogen-bond donors (Lipinski definition) is 3. The molecule has 0 bridgehead atoms. The number of piperazine rings is 2. The van der Waals surface area contributed by atoms with E-state index in [1.165, 1.54) is 6.07 Å². The molecule has 2 saturated heterocycles. The van der Waals surface area contributed by atoms with E-state index in [4.69, 9.17) is 74.8 Å². The summed E-state index contributed by atoms with van der Waals surface area (Å²) in [4.78, 5) is 61.7. The molecule has 0 spiro atoms. The number of Topliss-reactive ketones (excluding diaryl/α,β-unsaturated/α-hetero) is 1. The van der Waals surface area contributed by atoms with Crippen molar-refractivity contribution in [2.45, 2.75) is 106 Å². The number of ketones is 1. The van der Waals surface area contributed by atoms with Gasteiger partial charge in [0.2, 0.25) is 10.0 Å². The first kappa shape index (κ1) is 76.5. The summed E-state index contributed by atoms with van der Waals surface area (Å²) in [6.07, 6.45) is 4.39. The van der Waals surface area contributed by atoms with Crippen LogP contribution in [0.25, 0.3) is 0 Å². The van der Waals surface area contributed by atoms with E-state index in [0.717, 1.165) is 41.5 Å². The number of benzene rings is 4. The molecule has 0 unspecified atom stereocenters. The fourth-order valence-electron chi connectivity index (χ4n) is 12.4. The number of ether oxygens (including phenoxy) is 6. The standard InChI is InChI=1S/C67H93Cl4N9O14S2/c1-46-38-51(14-16-61(46)93-63-55-40-48(68)42-57(70)53(55)44-59(63)77-21-25-79(26-22-77)66(83)75(3)4)95(85,86)37-11-30-90-34-35-91-31-19-73-65(82)72-18-9-7-8-12-50(81)13-10-29-89-33-36-92-32-20-74-96(87,88)52-15-17-62(47(2)39-52)94-64-56-41-49(69)43-58(71)54(56)45-60(64)78-23-27-80(28-24-78)67(84)76(5)6/h14-17,38-43,59-60,63-64,74H,7-13,18-37,44-45H2,1-6H3,(H2,72,73,82)/t59-,60-,63-,64-/m0/s1. The predicted octanol–water partition coefficient (Wildman–Crippen LogP) is 9.02. The molecule has 3 N–H and O–H groups in total. The van der Waals surface area contributed by atoms with E-state index in [1.54, 1.807) is 87.4 Å². The molecule has 4 aromatic carbocycles. The second kappa shape index (κ2) is 36.7. The molecule has 530 valence electrons. The number of aryl methyl sites for hydroxylation is 2. The average Bonchev–Trinajstić information content (AvgIpc) is 1.62.